The molecule has 0 amide bonds. The second-order valence-electron chi connectivity index (χ2n) is 6.97. The Hall–Kier alpha value is -1.77. The lowest BCUT2D eigenvalue weighted by molar-refractivity contribution is 0.508. The summed E-state index contributed by atoms with van der Waals surface area (Å²) in [6.07, 6.45) is 8.14. The summed E-state index contributed by atoms with van der Waals surface area (Å²) in [4.78, 5) is 12.8. The summed E-state index contributed by atoms with van der Waals surface area (Å²) in [5.41, 5.74) is 3.71. The van der Waals surface area contributed by atoms with Crippen molar-refractivity contribution in [2.45, 2.75) is 51.9 Å². The fraction of sp³-hybridized carbons (Fsp3) is 0.471. The highest BCUT2D eigenvalue weighted by Gasteiger charge is 2.23. The van der Waals surface area contributed by atoms with Gasteiger partial charge in [0.15, 0.2) is 0 Å². The van der Waals surface area contributed by atoms with Crippen LogP contribution in [0.4, 0.5) is 0 Å². The van der Waals surface area contributed by atoms with Crippen molar-refractivity contribution in [1.29, 1.82) is 0 Å². The normalized spacial score (nSPS) is 12.4. The van der Waals surface area contributed by atoms with Crippen LogP contribution in [-0.2, 0) is 17.3 Å². The largest absolute Gasteiger partial charge is 0.261 e. The van der Waals surface area contributed by atoms with Gasteiger partial charge in [-0.25, -0.2) is 9.97 Å². The average Bonchev–Trinajstić information content (AvgIpc) is 2.38. The van der Waals surface area contributed by atoms with E-state index < -0.39 is 0 Å². The fourth-order valence-electron chi connectivity index (χ4n) is 2.24. The maximum atomic E-state index is 4.52. The molecule has 0 aliphatic carbocycles. The Morgan fingerprint density at radius 1 is 0.950 bits per heavy atom. The van der Waals surface area contributed by atoms with Crippen LogP contribution < -0.4 is 0 Å². The lowest BCUT2D eigenvalue weighted by atomic mass is 9.80. The standard InChI is InChI=1S/C17H23N3/c1-16(2,3)13-6-7-20-15(8-13)9-17(4,5)14-10-18-12-19-11-14/h6-8,10-12H,9H2,1-5H3. The van der Waals surface area contributed by atoms with Crippen LogP contribution in [0, 0.1) is 0 Å². The Morgan fingerprint density at radius 3 is 2.20 bits per heavy atom. The van der Waals surface area contributed by atoms with Crippen LogP contribution in [0.2, 0.25) is 0 Å². The van der Waals surface area contributed by atoms with E-state index in [0.29, 0.717) is 0 Å². The summed E-state index contributed by atoms with van der Waals surface area (Å²) >= 11 is 0. The second kappa shape index (κ2) is 5.31. The third-order valence-corrected chi connectivity index (χ3v) is 3.65. The molecular formula is C17H23N3. The van der Waals surface area contributed by atoms with Gasteiger partial charge in [-0.3, -0.25) is 4.98 Å². The Bertz CT molecular complexity index is 568. The first-order valence-electron chi connectivity index (χ1n) is 7.00. The third kappa shape index (κ3) is 3.41. The van der Waals surface area contributed by atoms with Crippen LogP contribution >= 0.6 is 0 Å². The molecule has 0 saturated heterocycles. The van der Waals surface area contributed by atoms with Gasteiger partial charge in [-0.2, -0.15) is 0 Å². The summed E-state index contributed by atoms with van der Waals surface area (Å²) in [6, 6.07) is 4.31. The molecule has 106 valence electrons. The van der Waals surface area contributed by atoms with Gasteiger partial charge < -0.3 is 0 Å². The van der Waals surface area contributed by atoms with Crippen LogP contribution in [0.1, 0.15) is 51.4 Å². The quantitative estimate of drug-likeness (QED) is 0.853. The van der Waals surface area contributed by atoms with E-state index in [1.165, 1.54) is 5.56 Å². The highest BCUT2D eigenvalue weighted by Crippen LogP contribution is 2.28. The van der Waals surface area contributed by atoms with Crippen LogP contribution in [0.3, 0.4) is 0 Å². The first-order valence-corrected chi connectivity index (χ1v) is 7.00. The molecular weight excluding hydrogens is 246 g/mol. The third-order valence-electron chi connectivity index (χ3n) is 3.65. The molecule has 2 rings (SSSR count). The van der Waals surface area contributed by atoms with Crippen molar-refractivity contribution in [3.8, 4) is 0 Å². The summed E-state index contributed by atoms with van der Waals surface area (Å²) in [6.45, 7) is 11.1. The second-order valence-corrected chi connectivity index (χ2v) is 6.97. The van der Waals surface area contributed by atoms with Gasteiger partial charge in [-0.15, -0.1) is 0 Å². The Labute approximate surface area is 121 Å². The molecule has 2 heterocycles. The number of hydrogen-bond acceptors (Lipinski definition) is 3. The lowest BCUT2D eigenvalue weighted by Gasteiger charge is -2.25. The topological polar surface area (TPSA) is 38.7 Å². The van der Waals surface area contributed by atoms with Gasteiger partial charge in [0.2, 0.25) is 0 Å². The first kappa shape index (κ1) is 14.6. The number of pyridine rings is 1. The van der Waals surface area contributed by atoms with Crippen LogP contribution in [0.15, 0.2) is 37.1 Å². The number of hydrogen-bond donors (Lipinski definition) is 0. The predicted octanol–water partition coefficient (Wildman–Crippen LogP) is 3.69. The molecule has 20 heavy (non-hydrogen) atoms. The van der Waals surface area contributed by atoms with Gasteiger partial charge in [-0.05, 0) is 40.5 Å². The molecule has 0 fully saturated rings. The molecule has 0 spiro atoms. The van der Waals surface area contributed by atoms with Gasteiger partial charge in [0, 0.05) is 24.3 Å². The Morgan fingerprint density at radius 2 is 1.60 bits per heavy atom. The summed E-state index contributed by atoms with van der Waals surface area (Å²) < 4.78 is 0. The minimum Gasteiger partial charge on any atom is -0.261 e. The molecule has 0 aliphatic rings. The highest BCUT2D eigenvalue weighted by molar-refractivity contribution is 5.26. The predicted molar refractivity (Wildman–Crippen MR) is 81.7 cm³/mol. The zero-order valence-corrected chi connectivity index (χ0v) is 13.0. The van der Waals surface area contributed by atoms with E-state index in [1.807, 2.05) is 18.6 Å². The van der Waals surface area contributed by atoms with Gasteiger partial charge in [-0.1, -0.05) is 34.6 Å². The van der Waals surface area contributed by atoms with Crippen LogP contribution in [-0.4, -0.2) is 15.0 Å². The fourth-order valence-corrected chi connectivity index (χ4v) is 2.24. The van der Waals surface area contributed by atoms with Gasteiger partial charge in [0.1, 0.15) is 6.33 Å². The Kier molecular flexibility index (Phi) is 3.89. The minimum absolute atomic E-state index is 0.0230. The molecule has 3 nitrogen and oxygen atoms in total. The van der Waals surface area contributed by atoms with E-state index in [1.54, 1.807) is 6.33 Å². The zero-order chi connectivity index (χ0) is 14.8. The van der Waals surface area contributed by atoms with E-state index in [4.69, 9.17) is 0 Å². The van der Waals surface area contributed by atoms with Crippen molar-refractivity contribution in [1.82, 2.24) is 15.0 Å². The molecule has 3 heteroatoms. The van der Waals surface area contributed by atoms with Crippen molar-refractivity contribution < 1.29 is 0 Å². The molecule has 0 saturated carbocycles. The van der Waals surface area contributed by atoms with Crippen molar-refractivity contribution in [2.75, 3.05) is 0 Å². The molecule has 0 aromatic carbocycles. The van der Waals surface area contributed by atoms with Gasteiger partial charge in [0.05, 0.1) is 0 Å². The van der Waals surface area contributed by atoms with Crippen LogP contribution in [0.5, 0.6) is 0 Å². The molecule has 0 atom stereocenters. The van der Waals surface area contributed by atoms with E-state index in [0.717, 1.165) is 17.7 Å². The van der Waals surface area contributed by atoms with Gasteiger partial charge in [0.25, 0.3) is 0 Å². The van der Waals surface area contributed by atoms with Gasteiger partial charge >= 0.3 is 0 Å². The van der Waals surface area contributed by atoms with E-state index in [2.05, 4.69) is 61.7 Å². The average molecular weight is 269 g/mol. The van der Waals surface area contributed by atoms with Crippen molar-refractivity contribution in [2.24, 2.45) is 0 Å². The molecule has 0 bridgehead atoms. The summed E-state index contributed by atoms with van der Waals surface area (Å²) in [5.74, 6) is 0. The first-order chi connectivity index (χ1) is 9.29. The SMILES string of the molecule is CC(C)(C)c1ccnc(CC(C)(C)c2cncnc2)c1. The monoisotopic (exact) mass is 269 g/mol. The number of rotatable bonds is 3. The van der Waals surface area contributed by atoms with E-state index in [9.17, 15) is 0 Å². The number of aromatic nitrogens is 3. The molecule has 0 aliphatic heterocycles. The summed E-state index contributed by atoms with van der Waals surface area (Å²) in [7, 11) is 0. The van der Waals surface area contributed by atoms with Crippen molar-refractivity contribution in [3.63, 3.8) is 0 Å². The molecule has 2 aromatic heterocycles. The maximum Gasteiger partial charge on any atom is 0.115 e. The van der Waals surface area contributed by atoms with E-state index in [-0.39, 0.29) is 10.8 Å². The Balaban J connectivity index is 2.26. The van der Waals surface area contributed by atoms with Crippen molar-refractivity contribution in [3.05, 3.63) is 53.9 Å². The number of nitrogens with zero attached hydrogens (tertiary/aromatic N) is 3. The smallest absolute Gasteiger partial charge is 0.115 e. The van der Waals surface area contributed by atoms with E-state index >= 15 is 0 Å². The minimum atomic E-state index is -0.0230. The molecule has 0 radical (unpaired) electrons. The summed E-state index contributed by atoms with van der Waals surface area (Å²) in [5, 5.41) is 0. The zero-order valence-electron chi connectivity index (χ0n) is 13.0. The highest BCUT2D eigenvalue weighted by atomic mass is 14.8. The molecule has 0 unspecified atom stereocenters. The molecule has 2 aromatic rings. The lowest BCUT2D eigenvalue weighted by Crippen LogP contribution is -2.22. The molecule has 0 N–H and O–H groups in total. The van der Waals surface area contributed by atoms with Crippen LogP contribution in [0.25, 0.3) is 0 Å². The maximum absolute atomic E-state index is 4.52. The van der Waals surface area contributed by atoms with Crippen molar-refractivity contribution >= 4 is 0 Å².